The Morgan fingerprint density at radius 2 is 2.15 bits per heavy atom. The van der Waals surface area contributed by atoms with Crippen LogP contribution < -0.4 is 9.47 Å². The van der Waals surface area contributed by atoms with Crippen LogP contribution in [0.3, 0.4) is 0 Å². The molecule has 0 radical (unpaired) electrons. The molecule has 0 unspecified atom stereocenters. The summed E-state index contributed by atoms with van der Waals surface area (Å²) in [4.78, 5) is 28.2. The molecule has 0 saturated heterocycles. The Bertz CT molecular complexity index is 1240. The fourth-order valence-corrected chi connectivity index (χ4v) is 4.17. The van der Waals surface area contributed by atoms with Crippen molar-refractivity contribution in [2.24, 2.45) is 5.10 Å². The highest BCUT2D eigenvalue weighted by Gasteiger charge is 2.30. The number of hydrazone groups is 1. The topological polar surface area (TPSA) is 93.0 Å². The normalized spacial score (nSPS) is 13.2. The lowest BCUT2D eigenvalue weighted by Crippen LogP contribution is -2.23. The van der Waals surface area contributed by atoms with Gasteiger partial charge < -0.3 is 14.4 Å². The minimum absolute atomic E-state index is 0.100. The van der Waals surface area contributed by atoms with Crippen molar-refractivity contribution in [3.63, 3.8) is 0 Å². The molecule has 0 spiro atoms. The lowest BCUT2D eigenvalue weighted by molar-refractivity contribution is 0.0823. The van der Waals surface area contributed by atoms with Gasteiger partial charge in [0.25, 0.3) is 11.8 Å². The van der Waals surface area contributed by atoms with E-state index in [1.165, 1.54) is 7.11 Å². The predicted octanol–water partition coefficient (Wildman–Crippen LogP) is 3.86. The van der Waals surface area contributed by atoms with Crippen LogP contribution in [0.25, 0.3) is 11.3 Å². The molecule has 0 saturated carbocycles. The number of pyridine rings is 2. The van der Waals surface area contributed by atoms with Gasteiger partial charge in [0, 0.05) is 35.8 Å². The molecule has 0 aliphatic carbocycles. The van der Waals surface area contributed by atoms with Crippen LogP contribution in [0.2, 0.25) is 0 Å². The SMILES string of the molecule is C=NN(/C=C(\C)N1Cc2nc(-c3cnc(OC)c(OC)c3)ccc2C1=O)Cc1csc(C)n1. The standard InChI is InChI=1S/C23H24N6O3S/c1-14(10-28(24-3)11-17-13-33-15(2)26-17)29-12-20-18(23(29)30)6-7-19(27-20)16-8-21(31-4)22(32-5)25-9-16/h6-10,13H,3,11-12H2,1-2,4-5H3/b14-10+. The summed E-state index contributed by atoms with van der Waals surface area (Å²) in [5.41, 5.74) is 4.40. The highest BCUT2D eigenvalue weighted by molar-refractivity contribution is 7.09. The Balaban J connectivity index is 1.55. The number of allylic oxidation sites excluding steroid dienone is 1. The molecule has 0 bridgehead atoms. The Hall–Kier alpha value is -3.79. The third-order valence-corrected chi connectivity index (χ3v) is 6.04. The molecule has 0 N–H and O–H groups in total. The van der Waals surface area contributed by atoms with Crippen LogP contribution >= 0.6 is 11.3 Å². The van der Waals surface area contributed by atoms with Crippen LogP contribution in [0.5, 0.6) is 11.6 Å². The van der Waals surface area contributed by atoms with Gasteiger partial charge in [-0.2, -0.15) is 5.10 Å². The largest absolute Gasteiger partial charge is 0.491 e. The number of carbonyl (C=O) groups excluding carboxylic acids is 1. The second kappa shape index (κ2) is 9.37. The number of carbonyl (C=O) groups is 1. The molecular weight excluding hydrogens is 440 g/mol. The second-order valence-corrected chi connectivity index (χ2v) is 8.45. The number of thiazole rings is 1. The van der Waals surface area contributed by atoms with E-state index in [1.54, 1.807) is 46.8 Å². The van der Waals surface area contributed by atoms with Crippen molar-refractivity contribution in [2.45, 2.75) is 26.9 Å². The van der Waals surface area contributed by atoms with E-state index in [9.17, 15) is 4.79 Å². The molecule has 3 aromatic rings. The number of hydrogen-bond donors (Lipinski definition) is 0. The van der Waals surface area contributed by atoms with Gasteiger partial charge in [-0.3, -0.25) is 14.8 Å². The first-order valence-corrected chi connectivity index (χ1v) is 11.0. The highest BCUT2D eigenvalue weighted by Crippen LogP contribution is 2.31. The zero-order chi connectivity index (χ0) is 23.5. The number of fused-ring (bicyclic) bond motifs is 1. The van der Waals surface area contributed by atoms with E-state index in [2.05, 4.69) is 21.8 Å². The molecule has 0 fully saturated rings. The van der Waals surface area contributed by atoms with Crippen LogP contribution in [-0.4, -0.2) is 51.7 Å². The minimum Gasteiger partial charge on any atom is -0.491 e. The van der Waals surface area contributed by atoms with Crippen LogP contribution in [0.15, 0.2) is 46.8 Å². The molecule has 170 valence electrons. The lowest BCUT2D eigenvalue weighted by Gasteiger charge is -2.19. The zero-order valence-electron chi connectivity index (χ0n) is 18.9. The summed E-state index contributed by atoms with van der Waals surface area (Å²) in [5.74, 6) is 0.815. The van der Waals surface area contributed by atoms with Crippen molar-refractivity contribution in [1.29, 1.82) is 0 Å². The fourth-order valence-electron chi connectivity index (χ4n) is 3.57. The van der Waals surface area contributed by atoms with Crippen molar-refractivity contribution in [3.05, 3.63) is 63.6 Å². The second-order valence-electron chi connectivity index (χ2n) is 7.38. The summed E-state index contributed by atoms with van der Waals surface area (Å²) in [7, 11) is 3.09. The molecule has 10 heteroatoms. The van der Waals surface area contributed by atoms with Gasteiger partial charge in [-0.15, -0.1) is 11.3 Å². The van der Waals surface area contributed by atoms with Crippen LogP contribution in [-0.2, 0) is 13.1 Å². The van der Waals surface area contributed by atoms with Gasteiger partial charge in [0.2, 0.25) is 0 Å². The molecule has 1 amide bonds. The van der Waals surface area contributed by atoms with E-state index in [0.29, 0.717) is 41.7 Å². The fraction of sp³-hybridized carbons (Fsp3) is 0.261. The van der Waals surface area contributed by atoms with Crippen LogP contribution in [0, 0.1) is 6.92 Å². The molecule has 33 heavy (non-hydrogen) atoms. The summed E-state index contributed by atoms with van der Waals surface area (Å²) in [5, 5.41) is 8.71. The van der Waals surface area contributed by atoms with Gasteiger partial charge in [0.05, 0.1) is 55.0 Å². The Morgan fingerprint density at radius 3 is 2.82 bits per heavy atom. The van der Waals surface area contributed by atoms with E-state index in [0.717, 1.165) is 22.0 Å². The number of aromatic nitrogens is 3. The van der Waals surface area contributed by atoms with Crippen molar-refractivity contribution in [3.8, 4) is 22.9 Å². The quantitative estimate of drug-likeness (QED) is 0.369. The first kappa shape index (κ1) is 22.4. The van der Waals surface area contributed by atoms with Gasteiger partial charge in [-0.1, -0.05) is 0 Å². The number of aryl methyl sites for hydroxylation is 1. The predicted molar refractivity (Wildman–Crippen MR) is 126 cm³/mol. The number of nitrogens with zero attached hydrogens (tertiary/aromatic N) is 6. The third-order valence-electron chi connectivity index (χ3n) is 5.22. The van der Waals surface area contributed by atoms with E-state index in [1.807, 2.05) is 31.4 Å². The molecule has 9 nitrogen and oxygen atoms in total. The first-order valence-electron chi connectivity index (χ1n) is 10.2. The summed E-state index contributed by atoms with van der Waals surface area (Å²) < 4.78 is 10.5. The monoisotopic (exact) mass is 464 g/mol. The van der Waals surface area contributed by atoms with Crippen molar-refractivity contribution in [2.75, 3.05) is 14.2 Å². The Labute approximate surface area is 196 Å². The average Bonchev–Trinajstić information content (AvgIpc) is 3.39. The third kappa shape index (κ3) is 4.56. The zero-order valence-corrected chi connectivity index (χ0v) is 19.7. The van der Waals surface area contributed by atoms with E-state index < -0.39 is 0 Å². The molecule has 4 rings (SSSR count). The number of amides is 1. The van der Waals surface area contributed by atoms with Crippen molar-refractivity contribution >= 4 is 24.0 Å². The van der Waals surface area contributed by atoms with Gasteiger partial charge in [0.15, 0.2) is 5.75 Å². The van der Waals surface area contributed by atoms with Crippen molar-refractivity contribution < 1.29 is 14.3 Å². The summed E-state index contributed by atoms with van der Waals surface area (Å²) in [6.45, 7) is 8.31. The minimum atomic E-state index is -0.100. The van der Waals surface area contributed by atoms with Crippen LogP contribution in [0.1, 0.15) is 33.7 Å². The maximum Gasteiger partial charge on any atom is 0.260 e. The van der Waals surface area contributed by atoms with Crippen molar-refractivity contribution in [1.82, 2.24) is 24.9 Å². The van der Waals surface area contributed by atoms with Gasteiger partial charge in [-0.05, 0) is 32.0 Å². The smallest absolute Gasteiger partial charge is 0.260 e. The van der Waals surface area contributed by atoms with Gasteiger partial charge in [0.1, 0.15) is 0 Å². The van der Waals surface area contributed by atoms with Crippen LogP contribution in [0.4, 0.5) is 0 Å². The van der Waals surface area contributed by atoms with Gasteiger partial charge >= 0.3 is 0 Å². The Kier molecular flexibility index (Phi) is 6.36. The first-order chi connectivity index (χ1) is 15.9. The summed E-state index contributed by atoms with van der Waals surface area (Å²) >= 11 is 1.58. The Morgan fingerprint density at radius 1 is 1.33 bits per heavy atom. The number of methoxy groups -OCH3 is 2. The maximum atomic E-state index is 13.0. The number of rotatable bonds is 8. The average molecular weight is 465 g/mol. The molecular formula is C23H24N6O3S. The van der Waals surface area contributed by atoms with Gasteiger partial charge in [-0.25, -0.2) is 9.97 Å². The molecule has 0 aromatic carbocycles. The molecule has 0 atom stereocenters. The number of ether oxygens (including phenoxy) is 2. The molecule has 4 heterocycles. The van der Waals surface area contributed by atoms with E-state index in [4.69, 9.17) is 14.5 Å². The summed E-state index contributed by atoms with van der Waals surface area (Å²) in [6, 6.07) is 5.42. The number of hydrogen-bond acceptors (Lipinski definition) is 9. The van der Waals surface area contributed by atoms with E-state index in [-0.39, 0.29) is 5.91 Å². The van der Waals surface area contributed by atoms with E-state index >= 15 is 0 Å². The molecule has 3 aromatic heterocycles. The summed E-state index contributed by atoms with van der Waals surface area (Å²) in [6.07, 6.45) is 3.47. The highest BCUT2D eigenvalue weighted by atomic mass is 32.1. The molecule has 1 aliphatic heterocycles. The molecule has 1 aliphatic rings. The maximum absolute atomic E-state index is 13.0. The lowest BCUT2D eigenvalue weighted by atomic mass is 10.1.